The molecule has 3 heteroatoms. The van der Waals surface area contributed by atoms with Crippen LogP contribution in [-0.4, -0.2) is 26.2 Å². The number of likely N-dealkylation sites (N-methyl/N-ethyl adjacent to an activating group) is 2. The molecule has 0 aliphatic carbocycles. The molecule has 0 bridgehead atoms. The van der Waals surface area contributed by atoms with Gasteiger partial charge in [0.25, 0.3) is 0 Å². The predicted octanol–water partition coefficient (Wildman–Crippen LogP) is 3.66. The zero-order chi connectivity index (χ0) is 14.4. The Labute approximate surface area is 117 Å². The summed E-state index contributed by atoms with van der Waals surface area (Å²) in [6.45, 7) is 10.2. The van der Waals surface area contributed by atoms with Crippen LogP contribution in [0.25, 0.3) is 0 Å². The van der Waals surface area contributed by atoms with Gasteiger partial charge in [-0.2, -0.15) is 0 Å². The van der Waals surface area contributed by atoms with Gasteiger partial charge in [0.2, 0.25) is 0 Å². The minimum absolute atomic E-state index is 0.142. The van der Waals surface area contributed by atoms with E-state index in [-0.39, 0.29) is 5.82 Å². The van der Waals surface area contributed by atoms with E-state index in [1.165, 1.54) is 5.56 Å². The van der Waals surface area contributed by atoms with Crippen LogP contribution in [0.15, 0.2) is 12.1 Å². The predicted molar refractivity (Wildman–Crippen MR) is 81.5 cm³/mol. The molecule has 0 heterocycles. The summed E-state index contributed by atoms with van der Waals surface area (Å²) in [4.78, 5) is 2.32. The average molecular weight is 266 g/mol. The quantitative estimate of drug-likeness (QED) is 0.810. The number of anilines is 1. The van der Waals surface area contributed by atoms with Crippen LogP contribution in [0, 0.1) is 19.7 Å². The van der Waals surface area contributed by atoms with Crippen molar-refractivity contribution in [2.24, 2.45) is 0 Å². The fourth-order valence-electron chi connectivity index (χ4n) is 2.66. The number of benzene rings is 1. The highest BCUT2D eigenvalue weighted by Gasteiger charge is 2.19. The molecule has 1 atom stereocenters. The molecule has 0 radical (unpaired) electrons. The number of rotatable bonds is 7. The topological polar surface area (TPSA) is 15.3 Å². The van der Waals surface area contributed by atoms with Crippen molar-refractivity contribution in [3.05, 3.63) is 29.1 Å². The molecule has 0 amide bonds. The first kappa shape index (κ1) is 16.0. The first-order valence-corrected chi connectivity index (χ1v) is 7.23. The summed E-state index contributed by atoms with van der Waals surface area (Å²) in [7, 11) is 1.97. The van der Waals surface area contributed by atoms with Crippen molar-refractivity contribution in [2.75, 3.05) is 25.0 Å². The van der Waals surface area contributed by atoms with Crippen LogP contribution in [0.2, 0.25) is 0 Å². The summed E-state index contributed by atoms with van der Waals surface area (Å²) in [5.41, 5.74) is 3.24. The maximum Gasteiger partial charge on any atom is 0.125 e. The molecule has 108 valence electrons. The molecular formula is C16H27FN2. The average Bonchev–Trinajstić information content (AvgIpc) is 2.36. The zero-order valence-corrected chi connectivity index (χ0v) is 12.9. The molecule has 0 aliphatic heterocycles. The molecular weight excluding hydrogens is 239 g/mol. The highest BCUT2D eigenvalue weighted by atomic mass is 19.1. The molecule has 1 aromatic carbocycles. The lowest BCUT2D eigenvalue weighted by atomic mass is 10.0. The molecule has 19 heavy (non-hydrogen) atoms. The van der Waals surface area contributed by atoms with Gasteiger partial charge in [-0.05, 0) is 57.5 Å². The molecule has 0 aliphatic rings. The Hall–Kier alpha value is -1.09. The first-order chi connectivity index (χ1) is 9.04. The Kier molecular flexibility index (Phi) is 6.29. The van der Waals surface area contributed by atoms with E-state index in [0.717, 1.165) is 37.2 Å². The van der Waals surface area contributed by atoms with Crippen LogP contribution in [0.5, 0.6) is 0 Å². The van der Waals surface area contributed by atoms with Gasteiger partial charge in [-0.1, -0.05) is 13.3 Å². The summed E-state index contributed by atoms with van der Waals surface area (Å²) < 4.78 is 13.7. The number of aryl methyl sites for hydroxylation is 1. The van der Waals surface area contributed by atoms with E-state index in [1.54, 1.807) is 12.1 Å². The van der Waals surface area contributed by atoms with Gasteiger partial charge in [0.1, 0.15) is 5.82 Å². The van der Waals surface area contributed by atoms with Crippen molar-refractivity contribution < 1.29 is 4.39 Å². The maximum absolute atomic E-state index is 13.7. The van der Waals surface area contributed by atoms with E-state index in [1.807, 2.05) is 14.0 Å². The molecule has 0 aromatic heterocycles. The Balaban J connectivity index is 3.13. The molecule has 1 N–H and O–H groups in total. The summed E-state index contributed by atoms with van der Waals surface area (Å²) in [5, 5.41) is 3.25. The zero-order valence-electron chi connectivity index (χ0n) is 12.9. The van der Waals surface area contributed by atoms with Crippen molar-refractivity contribution in [3.63, 3.8) is 0 Å². The highest BCUT2D eigenvalue weighted by molar-refractivity contribution is 5.57. The molecule has 0 spiro atoms. The Morgan fingerprint density at radius 3 is 2.47 bits per heavy atom. The molecule has 2 nitrogen and oxygen atoms in total. The van der Waals surface area contributed by atoms with E-state index < -0.39 is 0 Å². The van der Waals surface area contributed by atoms with E-state index in [9.17, 15) is 4.39 Å². The molecule has 0 saturated carbocycles. The number of nitrogens with one attached hydrogen (secondary N) is 1. The van der Waals surface area contributed by atoms with Crippen LogP contribution >= 0.6 is 0 Å². The van der Waals surface area contributed by atoms with Crippen molar-refractivity contribution >= 4 is 5.69 Å². The summed E-state index contributed by atoms with van der Waals surface area (Å²) in [6.07, 6.45) is 2.25. The summed E-state index contributed by atoms with van der Waals surface area (Å²) >= 11 is 0. The third-order valence-electron chi connectivity index (χ3n) is 3.76. The number of halogens is 1. The first-order valence-electron chi connectivity index (χ1n) is 7.23. The van der Waals surface area contributed by atoms with Crippen LogP contribution in [0.3, 0.4) is 0 Å². The normalized spacial score (nSPS) is 12.5. The van der Waals surface area contributed by atoms with E-state index in [2.05, 4.69) is 31.0 Å². The highest BCUT2D eigenvalue weighted by Crippen LogP contribution is 2.27. The third-order valence-corrected chi connectivity index (χ3v) is 3.76. The van der Waals surface area contributed by atoms with Gasteiger partial charge in [0.05, 0.1) is 0 Å². The Morgan fingerprint density at radius 2 is 1.95 bits per heavy atom. The lowest BCUT2D eigenvalue weighted by Gasteiger charge is -2.34. The minimum atomic E-state index is -0.142. The van der Waals surface area contributed by atoms with E-state index >= 15 is 0 Å². The molecule has 0 saturated heterocycles. The lowest BCUT2D eigenvalue weighted by molar-refractivity contribution is 0.522. The van der Waals surface area contributed by atoms with Gasteiger partial charge in [0.15, 0.2) is 0 Å². The van der Waals surface area contributed by atoms with E-state index in [0.29, 0.717) is 6.04 Å². The number of hydrogen-bond donors (Lipinski definition) is 1. The monoisotopic (exact) mass is 266 g/mol. The number of hydrogen-bond acceptors (Lipinski definition) is 2. The van der Waals surface area contributed by atoms with Gasteiger partial charge in [-0.3, -0.25) is 0 Å². The second-order valence-corrected chi connectivity index (χ2v) is 5.15. The van der Waals surface area contributed by atoms with Crippen molar-refractivity contribution in [1.82, 2.24) is 5.32 Å². The molecule has 1 rings (SSSR count). The summed E-state index contributed by atoms with van der Waals surface area (Å²) in [5.74, 6) is -0.142. The van der Waals surface area contributed by atoms with Crippen molar-refractivity contribution in [3.8, 4) is 0 Å². The number of nitrogens with zero attached hydrogens (tertiary/aromatic N) is 1. The lowest BCUT2D eigenvalue weighted by Crippen LogP contribution is -2.42. The largest absolute Gasteiger partial charge is 0.367 e. The van der Waals surface area contributed by atoms with Gasteiger partial charge < -0.3 is 10.2 Å². The molecule has 1 unspecified atom stereocenters. The van der Waals surface area contributed by atoms with Crippen LogP contribution in [0.1, 0.15) is 37.8 Å². The van der Waals surface area contributed by atoms with Crippen molar-refractivity contribution in [2.45, 2.75) is 46.6 Å². The third kappa shape index (κ3) is 3.93. The van der Waals surface area contributed by atoms with Gasteiger partial charge in [0, 0.05) is 24.8 Å². The van der Waals surface area contributed by atoms with Gasteiger partial charge in [-0.25, -0.2) is 4.39 Å². The van der Waals surface area contributed by atoms with Crippen LogP contribution in [-0.2, 0) is 0 Å². The van der Waals surface area contributed by atoms with E-state index in [4.69, 9.17) is 0 Å². The summed E-state index contributed by atoms with van der Waals surface area (Å²) in [6, 6.07) is 3.70. The smallest absolute Gasteiger partial charge is 0.125 e. The standard InChI is InChI=1S/C16H27FN2/c1-6-8-15(11-18-5)19(7-2)16-10-14(17)9-12(3)13(16)4/h9-10,15,18H,6-8,11H2,1-5H3. The van der Waals surface area contributed by atoms with Gasteiger partial charge in [-0.15, -0.1) is 0 Å². The Bertz CT molecular complexity index is 398. The fourth-order valence-corrected chi connectivity index (χ4v) is 2.66. The molecule has 1 aromatic rings. The second kappa shape index (κ2) is 7.49. The van der Waals surface area contributed by atoms with Crippen molar-refractivity contribution in [1.29, 1.82) is 0 Å². The van der Waals surface area contributed by atoms with Gasteiger partial charge >= 0.3 is 0 Å². The second-order valence-electron chi connectivity index (χ2n) is 5.15. The molecule has 0 fully saturated rings. The minimum Gasteiger partial charge on any atom is -0.367 e. The SMILES string of the molecule is CCCC(CNC)N(CC)c1cc(F)cc(C)c1C. The maximum atomic E-state index is 13.7. The van der Waals surface area contributed by atoms with Crippen LogP contribution < -0.4 is 10.2 Å². The Morgan fingerprint density at radius 1 is 1.26 bits per heavy atom. The fraction of sp³-hybridized carbons (Fsp3) is 0.625. The van der Waals surface area contributed by atoms with Crippen LogP contribution in [0.4, 0.5) is 10.1 Å².